The first-order chi connectivity index (χ1) is 9.69. The maximum atomic E-state index is 5.57. The highest BCUT2D eigenvalue weighted by Crippen LogP contribution is 2.13. The maximum absolute atomic E-state index is 5.57. The van der Waals surface area contributed by atoms with Gasteiger partial charge in [0.2, 0.25) is 0 Å². The average Bonchev–Trinajstić information content (AvgIpc) is 2.98. The molecule has 1 aliphatic heterocycles. The van der Waals surface area contributed by atoms with Crippen molar-refractivity contribution in [2.45, 2.75) is 25.5 Å². The first-order valence-electron chi connectivity index (χ1n) is 6.92. The van der Waals surface area contributed by atoms with E-state index in [1.54, 1.807) is 7.11 Å². The lowest BCUT2D eigenvalue weighted by atomic mass is 10.2. The molecule has 1 aromatic rings. The number of methoxy groups -OCH3 is 1. The summed E-state index contributed by atoms with van der Waals surface area (Å²) in [7, 11) is 3.67. The van der Waals surface area contributed by atoms with E-state index in [-0.39, 0.29) is 0 Å². The Bertz CT molecular complexity index is 430. The van der Waals surface area contributed by atoms with Crippen molar-refractivity contribution < 1.29 is 9.47 Å². The molecule has 110 valence electrons. The molecule has 20 heavy (non-hydrogen) atoms. The van der Waals surface area contributed by atoms with Gasteiger partial charge in [-0.2, -0.15) is 0 Å². The van der Waals surface area contributed by atoms with E-state index in [1.165, 1.54) is 5.56 Å². The van der Waals surface area contributed by atoms with Crippen molar-refractivity contribution >= 4 is 17.3 Å². The van der Waals surface area contributed by atoms with E-state index in [4.69, 9.17) is 21.7 Å². The number of hydrogen-bond donors (Lipinski definition) is 1. The lowest BCUT2D eigenvalue weighted by molar-refractivity contribution is 0.113. The van der Waals surface area contributed by atoms with Crippen molar-refractivity contribution in [1.82, 2.24) is 10.2 Å². The molecule has 1 saturated heterocycles. The van der Waals surface area contributed by atoms with Crippen molar-refractivity contribution in [2.24, 2.45) is 0 Å². The van der Waals surface area contributed by atoms with Gasteiger partial charge in [0.25, 0.3) is 0 Å². The zero-order valence-electron chi connectivity index (χ0n) is 12.1. The van der Waals surface area contributed by atoms with Gasteiger partial charge < -0.3 is 19.7 Å². The highest BCUT2D eigenvalue weighted by atomic mass is 32.1. The fourth-order valence-corrected chi connectivity index (χ4v) is 2.37. The number of thiocarbonyl (C=S) groups is 1. The van der Waals surface area contributed by atoms with Crippen LogP contribution >= 0.6 is 12.2 Å². The summed E-state index contributed by atoms with van der Waals surface area (Å²) in [6, 6.07) is 8.04. The Morgan fingerprint density at radius 1 is 1.45 bits per heavy atom. The van der Waals surface area contributed by atoms with Gasteiger partial charge in [0, 0.05) is 26.7 Å². The molecule has 0 spiro atoms. The summed E-state index contributed by atoms with van der Waals surface area (Å²) in [5, 5.41) is 4.04. The third-order valence-electron chi connectivity index (χ3n) is 3.43. The molecule has 1 fully saturated rings. The summed E-state index contributed by atoms with van der Waals surface area (Å²) in [6.07, 6.45) is 2.58. The van der Waals surface area contributed by atoms with Gasteiger partial charge in [0.05, 0.1) is 13.2 Å². The second-order valence-electron chi connectivity index (χ2n) is 5.03. The van der Waals surface area contributed by atoms with Gasteiger partial charge in [-0.1, -0.05) is 12.1 Å². The first-order valence-corrected chi connectivity index (χ1v) is 7.33. The summed E-state index contributed by atoms with van der Waals surface area (Å²) in [6.45, 7) is 2.45. The summed E-state index contributed by atoms with van der Waals surface area (Å²) in [5.74, 6) is 0.871. The smallest absolute Gasteiger partial charge is 0.169 e. The average molecular weight is 294 g/mol. The Hall–Kier alpha value is -1.33. The molecule has 5 heteroatoms. The molecule has 0 unspecified atom stereocenters. The Kier molecular flexibility index (Phi) is 5.61. The van der Waals surface area contributed by atoms with Crippen LogP contribution < -0.4 is 10.1 Å². The van der Waals surface area contributed by atoms with E-state index in [0.717, 1.165) is 43.4 Å². The molecule has 0 aliphatic carbocycles. The topological polar surface area (TPSA) is 33.7 Å². The lowest BCUT2D eigenvalue weighted by Crippen LogP contribution is -2.40. The second-order valence-corrected chi connectivity index (χ2v) is 5.41. The largest absolute Gasteiger partial charge is 0.497 e. The van der Waals surface area contributed by atoms with Crippen LogP contribution in [0.15, 0.2) is 24.3 Å². The normalized spacial score (nSPS) is 17.8. The standard InChI is InChI=1S/C15H22N2O2S/c1-17(11-12-5-7-13(18-2)8-6-12)15(20)16-10-14-4-3-9-19-14/h5-8,14H,3-4,9-11H2,1-2H3,(H,16,20)/t14-/m0/s1. The Labute approximate surface area is 126 Å². The van der Waals surface area contributed by atoms with Crippen molar-refractivity contribution in [3.05, 3.63) is 29.8 Å². The number of ether oxygens (including phenoxy) is 2. The first kappa shape index (κ1) is 15.1. The van der Waals surface area contributed by atoms with Crippen molar-refractivity contribution in [3.8, 4) is 5.75 Å². The number of hydrogen-bond acceptors (Lipinski definition) is 3. The minimum atomic E-state index is 0.308. The molecule has 1 atom stereocenters. The quantitative estimate of drug-likeness (QED) is 0.842. The van der Waals surface area contributed by atoms with Gasteiger partial charge in [-0.3, -0.25) is 0 Å². The second kappa shape index (κ2) is 7.45. The predicted octanol–water partition coefficient (Wildman–Crippen LogP) is 2.18. The van der Waals surface area contributed by atoms with E-state index in [2.05, 4.69) is 17.4 Å². The number of rotatable bonds is 5. The van der Waals surface area contributed by atoms with Gasteiger partial charge in [-0.05, 0) is 42.8 Å². The molecule has 1 aromatic carbocycles. The zero-order chi connectivity index (χ0) is 14.4. The van der Waals surface area contributed by atoms with Crippen LogP contribution in [0, 0.1) is 0 Å². The Morgan fingerprint density at radius 3 is 2.80 bits per heavy atom. The van der Waals surface area contributed by atoms with E-state index < -0.39 is 0 Å². The molecular weight excluding hydrogens is 272 g/mol. The minimum Gasteiger partial charge on any atom is -0.497 e. The molecule has 0 aromatic heterocycles. The number of nitrogens with zero attached hydrogens (tertiary/aromatic N) is 1. The molecule has 0 radical (unpaired) electrons. The molecule has 2 rings (SSSR count). The zero-order valence-corrected chi connectivity index (χ0v) is 12.9. The third kappa shape index (κ3) is 4.35. The summed E-state index contributed by atoms with van der Waals surface area (Å²) in [4.78, 5) is 2.03. The van der Waals surface area contributed by atoms with Crippen LogP contribution in [-0.4, -0.2) is 43.4 Å². The van der Waals surface area contributed by atoms with E-state index in [9.17, 15) is 0 Å². The highest BCUT2D eigenvalue weighted by Gasteiger charge is 2.16. The van der Waals surface area contributed by atoms with E-state index in [1.807, 2.05) is 24.1 Å². The molecule has 0 amide bonds. The number of nitrogens with one attached hydrogen (secondary N) is 1. The van der Waals surface area contributed by atoms with E-state index in [0.29, 0.717) is 6.10 Å². The molecule has 1 aliphatic rings. The summed E-state index contributed by atoms with van der Waals surface area (Å²) >= 11 is 5.39. The minimum absolute atomic E-state index is 0.308. The van der Waals surface area contributed by atoms with Crippen LogP contribution in [0.4, 0.5) is 0 Å². The maximum Gasteiger partial charge on any atom is 0.169 e. The Morgan fingerprint density at radius 2 is 2.20 bits per heavy atom. The van der Waals surface area contributed by atoms with Crippen LogP contribution in [0.2, 0.25) is 0 Å². The fraction of sp³-hybridized carbons (Fsp3) is 0.533. The monoisotopic (exact) mass is 294 g/mol. The van der Waals surface area contributed by atoms with Crippen molar-refractivity contribution in [3.63, 3.8) is 0 Å². The predicted molar refractivity (Wildman–Crippen MR) is 84.0 cm³/mol. The van der Waals surface area contributed by atoms with Crippen molar-refractivity contribution in [2.75, 3.05) is 27.3 Å². The van der Waals surface area contributed by atoms with Crippen LogP contribution in [0.1, 0.15) is 18.4 Å². The van der Waals surface area contributed by atoms with Gasteiger partial charge in [0.1, 0.15) is 5.75 Å². The molecule has 1 heterocycles. The van der Waals surface area contributed by atoms with E-state index >= 15 is 0 Å². The lowest BCUT2D eigenvalue weighted by Gasteiger charge is -2.22. The van der Waals surface area contributed by atoms with Gasteiger partial charge in [-0.25, -0.2) is 0 Å². The van der Waals surface area contributed by atoms with Crippen LogP contribution in [0.25, 0.3) is 0 Å². The molecule has 1 N–H and O–H groups in total. The van der Waals surface area contributed by atoms with Gasteiger partial charge in [0.15, 0.2) is 5.11 Å². The molecule has 0 saturated carbocycles. The third-order valence-corrected chi connectivity index (χ3v) is 3.89. The Balaban J connectivity index is 1.77. The van der Waals surface area contributed by atoms with Gasteiger partial charge >= 0.3 is 0 Å². The van der Waals surface area contributed by atoms with Gasteiger partial charge in [-0.15, -0.1) is 0 Å². The highest BCUT2D eigenvalue weighted by molar-refractivity contribution is 7.80. The SMILES string of the molecule is COc1ccc(CN(C)C(=S)NC[C@@H]2CCCO2)cc1. The van der Waals surface area contributed by atoms with Crippen molar-refractivity contribution in [1.29, 1.82) is 0 Å². The molecule has 0 bridgehead atoms. The summed E-state index contributed by atoms with van der Waals surface area (Å²) < 4.78 is 10.7. The fourth-order valence-electron chi connectivity index (χ4n) is 2.22. The molecular formula is C15H22N2O2S. The van der Waals surface area contributed by atoms with Crippen LogP contribution in [0.5, 0.6) is 5.75 Å². The van der Waals surface area contributed by atoms with Crippen LogP contribution in [0.3, 0.4) is 0 Å². The van der Waals surface area contributed by atoms with Crippen LogP contribution in [-0.2, 0) is 11.3 Å². The molecule has 4 nitrogen and oxygen atoms in total. The summed E-state index contributed by atoms with van der Waals surface area (Å²) in [5.41, 5.74) is 1.20. The number of benzene rings is 1.